The molecule has 0 spiro atoms. The van der Waals surface area contributed by atoms with Gasteiger partial charge in [-0.15, -0.1) is 0 Å². The van der Waals surface area contributed by atoms with Crippen molar-refractivity contribution >= 4 is 33.4 Å². The van der Waals surface area contributed by atoms with Gasteiger partial charge in [0, 0.05) is 41.1 Å². The van der Waals surface area contributed by atoms with Gasteiger partial charge < -0.3 is 5.32 Å². The van der Waals surface area contributed by atoms with Crippen molar-refractivity contribution in [2.24, 2.45) is 0 Å². The van der Waals surface area contributed by atoms with Gasteiger partial charge in [-0.25, -0.2) is 18.4 Å². The number of hydrogen-bond donors (Lipinski definition) is 1. The number of sulfonamides is 1. The highest BCUT2D eigenvalue weighted by Crippen LogP contribution is 2.29. The van der Waals surface area contributed by atoms with E-state index in [2.05, 4.69) is 15.3 Å². The van der Waals surface area contributed by atoms with E-state index in [0.717, 1.165) is 29.7 Å². The zero-order valence-corrected chi connectivity index (χ0v) is 20.2. The van der Waals surface area contributed by atoms with Crippen LogP contribution in [0.4, 0.5) is 5.69 Å². The van der Waals surface area contributed by atoms with Crippen molar-refractivity contribution in [3.63, 3.8) is 0 Å². The normalized spacial score (nSPS) is 17.0. The minimum absolute atomic E-state index is 0.0402. The molecule has 0 bridgehead atoms. The summed E-state index contributed by atoms with van der Waals surface area (Å²) in [6.45, 7) is 4.35. The second-order valence-electron chi connectivity index (χ2n) is 8.05. The third-order valence-electron chi connectivity index (χ3n) is 5.64. The van der Waals surface area contributed by atoms with Crippen LogP contribution in [0.15, 0.2) is 75.9 Å². The van der Waals surface area contributed by atoms with Crippen molar-refractivity contribution in [2.75, 3.05) is 11.9 Å². The molecule has 172 valence electrons. The molecule has 1 N–H and O–H groups in total. The van der Waals surface area contributed by atoms with E-state index < -0.39 is 10.0 Å². The van der Waals surface area contributed by atoms with Gasteiger partial charge in [0.25, 0.3) is 5.91 Å². The molecule has 1 aromatic heterocycles. The smallest absolute Gasteiger partial charge is 0.255 e. The molecule has 1 saturated heterocycles. The number of aromatic nitrogens is 2. The quantitative estimate of drug-likeness (QED) is 0.510. The molecule has 2 aromatic carbocycles. The Bertz CT molecular complexity index is 1250. The Labute approximate surface area is 198 Å². The molecule has 7 nitrogen and oxygen atoms in total. The van der Waals surface area contributed by atoms with E-state index in [9.17, 15) is 13.2 Å². The van der Waals surface area contributed by atoms with Crippen LogP contribution in [0, 0.1) is 6.92 Å². The van der Waals surface area contributed by atoms with E-state index in [-0.39, 0.29) is 16.8 Å². The van der Waals surface area contributed by atoms with E-state index in [1.165, 1.54) is 17.8 Å². The number of carbonyl (C=O) groups is 1. The third kappa shape index (κ3) is 5.43. The summed E-state index contributed by atoms with van der Waals surface area (Å²) < 4.78 is 27.9. The fourth-order valence-electron chi connectivity index (χ4n) is 3.84. The van der Waals surface area contributed by atoms with Crippen molar-refractivity contribution < 1.29 is 13.2 Å². The molecule has 2 heterocycles. The van der Waals surface area contributed by atoms with Crippen LogP contribution in [0.25, 0.3) is 0 Å². The van der Waals surface area contributed by atoms with E-state index >= 15 is 0 Å². The van der Waals surface area contributed by atoms with Crippen LogP contribution in [-0.2, 0) is 10.0 Å². The Morgan fingerprint density at radius 2 is 1.88 bits per heavy atom. The number of rotatable bonds is 6. The predicted molar refractivity (Wildman–Crippen MR) is 129 cm³/mol. The first-order valence-electron chi connectivity index (χ1n) is 10.8. The Balaban J connectivity index is 1.50. The van der Waals surface area contributed by atoms with Crippen molar-refractivity contribution in [1.29, 1.82) is 0 Å². The van der Waals surface area contributed by atoms with E-state index in [4.69, 9.17) is 0 Å². The summed E-state index contributed by atoms with van der Waals surface area (Å²) >= 11 is 1.44. The Hall–Kier alpha value is -2.75. The van der Waals surface area contributed by atoms with Crippen LogP contribution in [-0.4, -0.2) is 41.2 Å². The maximum Gasteiger partial charge on any atom is 0.255 e. The number of nitrogens with one attached hydrogen (secondary N) is 1. The summed E-state index contributed by atoms with van der Waals surface area (Å²) in [5, 5.41) is 3.54. The van der Waals surface area contributed by atoms with Gasteiger partial charge in [0.15, 0.2) is 5.16 Å². The molecule has 3 aromatic rings. The number of piperidine rings is 1. The molecule has 0 radical (unpaired) electrons. The van der Waals surface area contributed by atoms with E-state index in [1.807, 2.05) is 32.0 Å². The van der Waals surface area contributed by atoms with Gasteiger partial charge in [0.05, 0.1) is 4.90 Å². The highest BCUT2D eigenvalue weighted by atomic mass is 32.2. The van der Waals surface area contributed by atoms with Crippen LogP contribution in [0.2, 0.25) is 0 Å². The Morgan fingerprint density at radius 3 is 2.61 bits per heavy atom. The van der Waals surface area contributed by atoms with Crippen molar-refractivity contribution in [1.82, 2.24) is 14.3 Å². The number of benzene rings is 2. The molecule has 1 aliphatic rings. The number of carbonyl (C=O) groups excluding carboxylic acids is 1. The average molecular weight is 483 g/mol. The monoisotopic (exact) mass is 482 g/mol. The highest BCUT2D eigenvalue weighted by Gasteiger charge is 2.31. The number of amides is 1. The van der Waals surface area contributed by atoms with Gasteiger partial charge in [-0.1, -0.05) is 12.5 Å². The zero-order valence-electron chi connectivity index (χ0n) is 18.6. The van der Waals surface area contributed by atoms with Crippen molar-refractivity contribution in [2.45, 2.75) is 54.1 Å². The van der Waals surface area contributed by atoms with Crippen LogP contribution in [0.3, 0.4) is 0 Å². The maximum absolute atomic E-state index is 13.2. The standard InChI is InChI=1S/C24H26N4O3S2/c1-17-15-20(32-24-25-12-6-13-26-24)10-11-22(17)27-23(29)19-8-5-9-21(16-19)33(30,31)28-14-4-3-7-18(28)2/h5-6,8-13,15-16,18H,3-4,7,14H2,1-2H3,(H,27,29). The topological polar surface area (TPSA) is 92.3 Å². The summed E-state index contributed by atoms with van der Waals surface area (Å²) in [4.78, 5) is 22.4. The van der Waals surface area contributed by atoms with E-state index in [1.54, 1.807) is 41.0 Å². The van der Waals surface area contributed by atoms with Crippen LogP contribution >= 0.6 is 11.8 Å². The molecule has 9 heteroatoms. The molecular weight excluding hydrogens is 456 g/mol. The first-order valence-corrected chi connectivity index (χ1v) is 13.1. The lowest BCUT2D eigenvalue weighted by Gasteiger charge is -2.32. The second-order valence-corrected chi connectivity index (χ2v) is 11.0. The van der Waals surface area contributed by atoms with E-state index in [0.29, 0.717) is 23.0 Å². The van der Waals surface area contributed by atoms with Crippen LogP contribution in [0.1, 0.15) is 42.1 Å². The van der Waals surface area contributed by atoms with Gasteiger partial charge in [0.2, 0.25) is 10.0 Å². The predicted octanol–water partition coefficient (Wildman–Crippen LogP) is 4.75. The maximum atomic E-state index is 13.2. The van der Waals surface area contributed by atoms with Gasteiger partial charge in [-0.05, 0) is 86.5 Å². The lowest BCUT2D eigenvalue weighted by Crippen LogP contribution is -2.41. The molecule has 0 saturated carbocycles. The number of hydrogen-bond acceptors (Lipinski definition) is 6. The summed E-state index contributed by atoms with van der Waals surface area (Å²) in [6, 6.07) is 13.6. The SMILES string of the molecule is Cc1cc(Sc2ncccn2)ccc1NC(=O)c1cccc(S(=O)(=O)N2CCCCC2C)c1. The largest absolute Gasteiger partial charge is 0.322 e. The summed E-state index contributed by atoms with van der Waals surface area (Å²) in [7, 11) is -3.64. The molecule has 4 rings (SSSR count). The molecule has 1 amide bonds. The third-order valence-corrected chi connectivity index (χ3v) is 8.53. The Kier molecular flexibility index (Phi) is 7.11. The molecule has 0 aliphatic carbocycles. The first kappa shape index (κ1) is 23.4. The van der Waals surface area contributed by atoms with Crippen molar-refractivity contribution in [3.05, 3.63) is 72.1 Å². The summed E-state index contributed by atoms with van der Waals surface area (Å²) in [5.41, 5.74) is 1.85. The number of anilines is 1. The van der Waals surface area contributed by atoms with Gasteiger partial charge in [-0.2, -0.15) is 4.31 Å². The second kappa shape index (κ2) is 10.0. The summed E-state index contributed by atoms with van der Waals surface area (Å²) in [6.07, 6.45) is 6.12. The zero-order chi connectivity index (χ0) is 23.4. The molecule has 1 fully saturated rings. The molecular formula is C24H26N4O3S2. The summed E-state index contributed by atoms with van der Waals surface area (Å²) in [5.74, 6) is -0.353. The van der Waals surface area contributed by atoms with Gasteiger partial charge in [-0.3, -0.25) is 4.79 Å². The fourth-order valence-corrected chi connectivity index (χ4v) is 6.40. The first-order chi connectivity index (χ1) is 15.8. The van der Waals surface area contributed by atoms with Gasteiger partial charge in [0.1, 0.15) is 0 Å². The van der Waals surface area contributed by atoms with Crippen LogP contribution < -0.4 is 5.32 Å². The molecule has 1 atom stereocenters. The highest BCUT2D eigenvalue weighted by molar-refractivity contribution is 7.99. The van der Waals surface area contributed by atoms with Gasteiger partial charge >= 0.3 is 0 Å². The molecule has 1 unspecified atom stereocenters. The average Bonchev–Trinajstić information content (AvgIpc) is 2.82. The Morgan fingerprint density at radius 1 is 1.09 bits per heavy atom. The number of aryl methyl sites for hydroxylation is 1. The lowest BCUT2D eigenvalue weighted by molar-refractivity contribution is 0.102. The fraction of sp³-hybridized carbons (Fsp3) is 0.292. The van der Waals surface area contributed by atoms with Crippen LogP contribution in [0.5, 0.6) is 0 Å². The molecule has 1 aliphatic heterocycles. The van der Waals surface area contributed by atoms with Crippen molar-refractivity contribution in [3.8, 4) is 0 Å². The molecule has 33 heavy (non-hydrogen) atoms. The number of nitrogens with zero attached hydrogens (tertiary/aromatic N) is 3. The minimum Gasteiger partial charge on any atom is -0.322 e. The minimum atomic E-state index is -3.64. The lowest BCUT2D eigenvalue weighted by atomic mass is 10.1.